The third kappa shape index (κ3) is 6.14. The molecular weight excluding hydrogens is 505 g/mol. The Morgan fingerprint density at radius 1 is 1.06 bits per heavy atom. The molecule has 11 heteroatoms. The van der Waals surface area contributed by atoms with Crippen LogP contribution in [0.4, 0.5) is 20.4 Å². The molecular formula is C23H20Cl2F2N4O2S. The van der Waals surface area contributed by atoms with Crippen molar-refractivity contribution in [3.8, 4) is 11.8 Å². The fraction of sp³-hybridized carbons (Fsp3) is 0.217. The summed E-state index contributed by atoms with van der Waals surface area (Å²) in [5.41, 5.74) is -1.01. The zero-order valence-electron chi connectivity index (χ0n) is 18.4. The zero-order valence-corrected chi connectivity index (χ0v) is 20.7. The van der Waals surface area contributed by atoms with Crippen LogP contribution in [0, 0.1) is 23.5 Å². The molecule has 0 aliphatic rings. The van der Waals surface area contributed by atoms with Gasteiger partial charge < -0.3 is 5.32 Å². The molecule has 2 N–H and O–H groups in total. The Hall–Kier alpha value is -2.93. The van der Waals surface area contributed by atoms with Gasteiger partial charge in [-0.3, -0.25) is 4.72 Å². The molecule has 0 spiro atoms. The zero-order chi connectivity index (χ0) is 25.1. The molecule has 3 rings (SSSR count). The van der Waals surface area contributed by atoms with Crippen molar-refractivity contribution in [1.82, 2.24) is 9.97 Å². The number of halogens is 4. The van der Waals surface area contributed by atoms with Gasteiger partial charge in [0.1, 0.15) is 10.7 Å². The van der Waals surface area contributed by atoms with Crippen LogP contribution in [0.15, 0.2) is 47.6 Å². The first kappa shape index (κ1) is 25.7. The van der Waals surface area contributed by atoms with Crippen LogP contribution in [0.2, 0.25) is 10.0 Å². The smallest absolute Gasteiger partial charge is 0.263 e. The average Bonchev–Trinajstić information content (AvgIpc) is 2.78. The van der Waals surface area contributed by atoms with Crippen molar-refractivity contribution >= 4 is 44.9 Å². The fourth-order valence-electron chi connectivity index (χ4n) is 2.61. The van der Waals surface area contributed by atoms with E-state index in [0.717, 1.165) is 24.6 Å². The quantitative estimate of drug-likeness (QED) is 0.394. The molecule has 0 amide bonds. The number of hydrogen-bond acceptors (Lipinski definition) is 5. The maximum Gasteiger partial charge on any atom is 0.263 e. The van der Waals surface area contributed by atoms with E-state index >= 15 is 0 Å². The van der Waals surface area contributed by atoms with E-state index in [4.69, 9.17) is 23.2 Å². The van der Waals surface area contributed by atoms with Crippen molar-refractivity contribution in [1.29, 1.82) is 0 Å². The summed E-state index contributed by atoms with van der Waals surface area (Å²) in [5, 5.41) is 3.18. The summed E-state index contributed by atoms with van der Waals surface area (Å²) < 4.78 is 56.7. The predicted molar refractivity (Wildman–Crippen MR) is 130 cm³/mol. The van der Waals surface area contributed by atoms with E-state index in [-0.39, 0.29) is 20.5 Å². The van der Waals surface area contributed by atoms with Gasteiger partial charge in [0.2, 0.25) is 5.95 Å². The fourth-order valence-corrected chi connectivity index (χ4v) is 4.43. The van der Waals surface area contributed by atoms with Crippen LogP contribution in [-0.4, -0.2) is 23.9 Å². The second-order valence-corrected chi connectivity index (χ2v) is 10.4. The molecule has 3 aromatic rings. The normalized spacial score (nSPS) is 11.5. The minimum absolute atomic E-state index is 0.111. The highest BCUT2D eigenvalue weighted by Gasteiger charge is 2.22. The van der Waals surface area contributed by atoms with Gasteiger partial charge in [0.15, 0.2) is 5.82 Å². The first-order chi connectivity index (χ1) is 15.9. The summed E-state index contributed by atoms with van der Waals surface area (Å²) in [6, 6.07) is 5.68. The summed E-state index contributed by atoms with van der Waals surface area (Å²) in [6.07, 6.45) is 3.68. The summed E-state index contributed by atoms with van der Waals surface area (Å²) in [6.45, 7) is 6.02. The SMILES string of the molecule is CCC(C)(C)Nc1ncc(C#Cc2c(F)ccc(NS(=O)(=O)c3cc(Cl)ccc3Cl)c2F)cn1. The Kier molecular flexibility index (Phi) is 7.66. The Balaban J connectivity index is 1.89. The topological polar surface area (TPSA) is 84.0 Å². The first-order valence-electron chi connectivity index (χ1n) is 10.00. The lowest BCUT2D eigenvalue weighted by Crippen LogP contribution is -2.30. The lowest BCUT2D eigenvalue weighted by atomic mass is 10.0. The molecule has 0 aliphatic heterocycles. The van der Waals surface area contributed by atoms with E-state index in [1.165, 1.54) is 24.5 Å². The molecule has 0 fully saturated rings. The predicted octanol–water partition coefficient (Wildman–Crippen LogP) is 5.86. The van der Waals surface area contributed by atoms with Gasteiger partial charge in [0.25, 0.3) is 10.0 Å². The van der Waals surface area contributed by atoms with E-state index < -0.39 is 32.9 Å². The molecule has 34 heavy (non-hydrogen) atoms. The van der Waals surface area contributed by atoms with Crippen LogP contribution >= 0.6 is 23.2 Å². The van der Waals surface area contributed by atoms with Crippen LogP contribution < -0.4 is 10.0 Å². The van der Waals surface area contributed by atoms with Gasteiger partial charge in [0, 0.05) is 23.0 Å². The molecule has 0 radical (unpaired) electrons. The standard InChI is InChI=1S/C23H20Cl2F2N4O2S/c1-4-23(2,3)30-22-28-12-14(13-29-22)5-7-16-18(26)9-10-19(21(16)27)31-34(32,33)20-11-15(24)6-8-17(20)25/h6,8-13,31H,4H2,1-3H3,(H,28,29,30). The van der Waals surface area contributed by atoms with Crippen LogP contribution in [0.1, 0.15) is 38.3 Å². The number of sulfonamides is 1. The maximum absolute atomic E-state index is 15.0. The number of hydrogen-bond donors (Lipinski definition) is 2. The number of anilines is 2. The molecule has 2 aromatic carbocycles. The highest BCUT2D eigenvalue weighted by Crippen LogP contribution is 2.29. The van der Waals surface area contributed by atoms with Gasteiger partial charge in [-0.1, -0.05) is 42.0 Å². The third-order valence-corrected chi connectivity index (χ3v) is 6.92. The second kappa shape index (κ2) is 10.1. The van der Waals surface area contributed by atoms with Crippen molar-refractivity contribution in [2.75, 3.05) is 10.0 Å². The number of nitrogens with one attached hydrogen (secondary N) is 2. The Labute approximate surface area is 206 Å². The molecule has 1 heterocycles. The molecule has 0 aliphatic carbocycles. The van der Waals surface area contributed by atoms with Crippen LogP contribution in [-0.2, 0) is 10.0 Å². The van der Waals surface area contributed by atoms with Crippen LogP contribution in [0.3, 0.4) is 0 Å². The molecule has 6 nitrogen and oxygen atoms in total. The number of benzene rings is 2. The van der Waals surface area contributed by atoms with Gasteiger partial charge in [-0.2, -0.15) is 0 Å². The summed E-state index contributed by atoms with van der Waals surface area (Å²) in [7, 11) is -4.31. The van der Waals surface area contributed by atoms with Gasteiger partial charge in [-0.25, -0.2) is 27.2 Å². The van der Waals surface area contributed by atoms with Crippen LogP contribution in [0.5, 0.6) is 0 Å². The lowest BCUT2D eigenvalue weighted by Gasteiger charge is -2.24. The van der Waals surface area contributed by atoms with Crippen molar-refractivity contribution in [2.45, 2.75) is 37.6 Å². The second-order valence-electron chi connectivity index (χ2n) is 7.87. The molecule has 0 bridgehead atoms. The Morgan fingerprint density at radius 2 is 1.74 bits per heavy atom. The van der Waals surface area contributed by atoms with E-state index in [0.29, 0.717) is 11.5 Å². The van der Waals surface area contributed by atoms with Crippen molar-refractivity contribution in [3.63, 3.8) is 0 Å². The number of aromatic nitrogens is 2. The first-order valence-corrected chi connectivity index (χ1v) is 12.2. The van der Waals surface area contributed by atoms with Crippen molar-refractivity contribution in [3.05, 3.63) is 75.5 Å². The Bertz CT molecular complexity index is 1390. The minimum Gasteiger partial charge on any atom is -0.349 e. The van der Waals surface area contributed by atoms with E-state index in [1.54, 1.807) is 0 Å². The van der Waals surface area contributed by atoms with Gasteiger partial charge in [-0.05, 0) is 50.6 Å². The monoisotopic (exact) mass is 524 g/mol. The average molecular weight is 525 g/mol. The molecule has 0 saturated carbocycles. The maximum atomic E-state index is 15.0. The molecule has 178 valence electrons. The van der Waals surface area contributed by atoms with Crippen LogP contribution in [0.25, 0.3) is 0 Å². The summed E-state index contributed by atoms with van der Waals surface area (Å²) in [5.74, 6) is 3.22. The number of rotatable bonds is 6. The minimum atomic E-state index is -4.31. The Morgan fingerprint density at radius 3 is 2.38 bits per heavy atom. The van der Waals surface area contributed by atoms with Gasteiger partial charge >= 0.3 is 0 Å². The van der Waals surface area contributed by atoms with Gasteiger partial charge in [0.05, 0.1) is 21.8 Å². The largest absolute Gasteiger partial charge is 0.349 e. The highest BCUT2D eigenvalue weighted by atomic mass is 35.5. The third-order valence-electron chi connectivity index (χ3n) is 4.84. The summed E-state index contributed by atoms with van der Waals surface area (Å²) in [4.78, 5) is 7.96. The van der Waals surface area contributed by atoms with Crippen molar-refractivity contribution < 1.29 is 17.2 Å². The van der Waals surface area contributed by atoms with E-state index in [2.05, 4.69) is 31.8 Å². The number of nitrogens with zero attached hydrogens (tertiary/aromatic N) is 2. The molecule has 0 saturated heterocycles. The lowest BCUT2D eigenvalue weighted by molar-refractivity contribution is 0.542. The van der Waals surface area contributed by atoms with Gasteiger partial charge in [-0.15, -0.1) is 0 Å². The molecule has 0 unspecified atom stereocenters. The summed E-state index contributed by atoms with van der Waals surface area (Å²) >= 11 is 11.8. The highest BCUT2D eigenvalue weighted by molar-refractivity contribution is 7.92. The molecule has 1 aromatic heterocycles. The van der Waals surface area contributed by atoms with Crippen molar-refractivity contribution in [2.24, 2.45) is 0 Å². The van der Waals surface area contributed by atoms with E-state index in [9.17, 15) is 17.2 Å². The molecule has 0 atom stereocenters. The van der Waals surface area contributed by atoms with E-state index in [1.807, 2.05) is 20.8 Å².